The summed E-state index contributed by atoms with van der Waals surface area (Å²) < 4.78 is 34.7. The van der Waals surface area contributed by atoms with Gasteiger partial charge < -0.3 is 15.2 Å². The van der Waals surface area contributed by atoms with Gasteiger partial charge in [-0.3, -0.25) is 9.78 Å². The fraction of sp³-hybridized carbons (Fsp3) is 0.346. The maximum atomic E-state index is 14.6. The first kappa shape index (κ1) is 23.8. The fourth-order valence-electron chi connectivity index (χ4n) is 4.19. The van der Waals surface area contributed by atoms with Crippen LogP contribution in [0.5, 0.6) is 5.75 Å². The summed E-state index contributed by atoms with van der Waals surface area (Å²) >= 11 is 0. The van der Waals surface area contributed by atoms with Gasteiger partial charge in [0.1, 0.15) is 28.8 Å². The number of aromatic nitrogens is 2. The van der Waals surface area contributed by atoms with Gasteiger partial charge in [0, 0.05) is 11.8 Å². The molecule has 0 saturated heterocycles. The third-order valence-electron chi connectivity index (χ3n) is 5.98. The number of ether oxygens (including phenoxy) is 1. The molecule has 6 nitrogen and oxygen atoms in total. The van der Waals surface area contributed by atoms with E-state index in [4.69, 9.17) is 4.74 Å². The summed E-state index contributed by atoms with van der Waals surface area (Å²) in [5.74, 6) is -1.37. The molecule has 0 bridgehead atoms. The molecule has 1 fully saturated rings. The molecule has 2 aromatic heterocycles. The lowest BCUT2D eigenvalue weighted by Crippen LogP contribution is -2.20. The number of carbonyl (C=O) groups is 1. The monoisotopic (exact) mass is 467 g/mol. The van der Waals surface area contributed by atoms with Gasteiger partial charge in [-0.1, -0.05) is 6.92 Å². The Labute approximate surface area is 197 Å². The van der Waals surface area contributed by atoms with Crippen molar-refractivity contribution in [3.05, 3.63) is 71.7 Å². The van der Waals surface area contributed by atoms with E-state index in [9.17, 15) is 18.7 Å². The Morgan fingerprint density at radius 1 is 1.12 bits per heavy atom. The molecule has 1 amide bonds. The summed E-state index contributed by atoms with van der Waals surface area (Å²) in [6, 6.07) is 8.27. The van der Waals surface area contributed by atoms with E-state index in [1.54, 1.807) is 12.4 Å². The van der Waals surface area contributed by atoms with Crippen LogP contribution in [-0.2, 0) is 0 Å². The van der Waals surface area contributed by atoms with E-state index in [0.29, 0.717) is 30.9 Å². The highest BCUT2D eigenvalue weighted by Gasteiger charge is 2.24. The Hall–Kier alpha value is -3.39. The summed E-state index contributed by atoms with van der Waals surface area (Å²) in [5, 5.41) is 12.6. The molecular weight excluding hydrogens is 440 g/mol. The van der Waals surface area contributed by atoms with E-state index in [0.717, 1.165) is 30.9 Å². The van der Waals surface area contributed by atoms with Crippen LogP contribution in [0.25, 0.3) is 11.3 Å². The van der Waals surface area contributed by atoms with Crippen molar-refractivity contribution in [3.63, 3.8) is 0 Å². The zero-order valence-corrected chi connectivity index (χ0v) is 18.9. The second-order valence-corrected chi connectivity index (χ2v) is 8.44. The van der Waals surface area contributed by atoms with E-state index in [1.807, 2.05) is 13.0 Å². The van der Waals surface area contributed by atoms with Crippen molar-refractivity contribution in [2.45, 2.75) is 51.0 Å². The number of hydrogen-bond donors (Lipinski definition) is 2. The molecule has 4 rings (SSSR count). The molecule has 2 N–H and O–H groups in total. The van der Waals surface area contributed by atoms with Crippen LogP contribution in [0.4, 0.5) is 14.5 Å². The van der Waals surface area contributed by atoms with Crippen molar-refractivity contribution >= 4 is 11.6 Å². The Bertz CT molecular complexity index is 1160. The molecule has 2 heterocycles. The minimum atomic E-state index is -0.745. The minimum absolute atomic E-state index is 0.0513. The number of carbonyl (C=O) groups excluding carboxylic acids is 1. The maximum Gasteiger partial charge on any atom is 0.274 e. The molecule has 34 heavy (non-hydrogen) atoms. The van der Waals surface area contributed by atoms with Gasteiger partial charge in [-0.2, -0.15) is 0 Å². The molecule has 3 aromatic rings. The van der Waals surface area contributed by atoms with Gasteiger partial charge in [-0.15, -0.1) is 0 Å². The zero-order valence-electron chi connectivity index (χ0n) is 18.9. The number of hydrogen-bond acceptors (Lipinski definition) is 5. The molecule has 1 aliphatic rings. The summed E-state index contributed by atoms with van der Waals surface area (Å²) in [6.45, 7) is 2.38. The second-order valence-electron chi connectivity index (χ2n) is 8.44. The number of nitrogens with zero attached hydrogens (tertiary/aromatic N) is 2. The summed E-state index contributed by atoms with van der Waals surface area (Å²) in [7, 11) is 0. The number of amides is 1. The van der Waals surface area contributed by atoms with Crippen LogP contribution >= 0.6 is 0 Å². The SMILES string of the molecule is CCCOc1ccc(F)c(-c2nc(C(=O)Nc3cnccc3[C@H]3CC[C@@H](O)CC3)ccc2F)c1. The Kier molecular flexibility index (Phi) is 7.47. The Morgan fingerprint density at radius 2 is 1.88 bits per heavy atom. The minimum Gasteiger partial charge on any atom is -0.494 e. The Morgan fingerprint density at radius 3 is 2.65 bits per heavy atom. The van der Waals surface area contributed by atoms with E-state index < -0.39 is 17.5 Å². The van der Waals surface area contributed by atoms with Crippen molar-refractivity contribution in [3.8, 4) is 17.0 Å². The number of anilines is 1. The number of nitrogens with one attached hydrogen (secondary N) is 1. The first-order valence-electron chi connectivity index (χ1n) is 11.5. The van der Waals surface area contributed by atoms with Crippen molar-refractivity contribution in [1.82, 2.24) is 9.97 Å². The molecule has 178 valence electrons. The number of halogens is 2. The quantitative estimate of drug-likeness (QED) is 0.481. The van der Waals surface area contributed by atoms with Crippen molar-refractivity contribution in [2.75, 3.05) is 11.9 Å². The molecule has 0 atom stereocenters. The normalized spacial score (nSPS) is 17.9. The lowest BCUT2D eigenvalue weighted by Gasteiger charge is -2.27. The molecule has 1 aliphatic carbocycles. The lowest BCUT2D eigenvalue weighted by molar-refractivity contribution is 0.102. The molecule has 0 radical (unpaired) electrons. The first-order chi connectivity index (χ1) is 16.5. The summed E-state index contributed by atoms with van der Waals surface area (Å²) in [5.41, 5.74) is 1.08. The van der Waals surface area contributed by atoms with Gasteiger partial charge in [-0.25, -0.2) is 13.8 Å². The van der Waals surface area contributed by atoms with Gasteiger partial charge in [0.05, 0.1) is 24.6 Å². The van der Waals surface area contributed by atoms with Crippen LogP contribution in [0.2, 0.25) is 0 Å². The van der Waals surface area contributed by atoms with Crippen molar-refractivity contribution in [2.24, 2.45) is 0 Å². The van der Waals surface area contributed by atoms with Gasteiger partial charge >= 0.3 is 0 Å². The predicted octanol–water partition coefficient (Wildman–Crippen LogP) is 5.48. The van der Waals surface area contributed by atoms with Gasteiger partial charge in [-0.05, 0) is 80.0 Å². The van der Waals surface area contributed by atoms with E-state index >= 15 is 0 Å². The third kappa shape index (κ3) is 5.39. The number of pyridine rings is 2. The highest BCUT2D eigenvalue weighted by atomic mass is 19.1. The van der Waals surface area contributed by atoms with Crippen molar-refractivity contribution in [1.29, 1.82) is 0 Å². The second kappa shape index (κ2) is 10.7. The molecule has 1 saturated carbocycles. The molecule has 1 aromatic carbocycles. The highest BCUT2D eigenvalue weighted by Crippen LogP contribution is 2.36. The van der Waals surface area contributed by atoms with E-state index in [1.165, 1.54) is 24.3 Å². The van der Waals surface area contributed by atoms with E-state index in [-0.39, 0.29) is 29.0 Å². The predicted molar refractivity (Wildman–Crippen MR) is 125 cm³/mol. The first-order valence-corrected chi connectivity index (χ1v) is 11.5. The third-order valence-corrected chi connectivity index (χ3v) is 5.98. The molecule has 0 unspecified atom stereocenters. The average molecular weight is 468 g/mol. The van der Waals surface area contributed by atoms with Gasteiger partial charge in [0.15, 0.2) is 0 Å². The van der Waals surface area contributed by atoms with Crippen LogP contribution in [0, 0.1) is 11.6 Å². The number of aliphatic hydroxyl groups excluding tert-OH is 1. The van der Waals surface area contributed by atoms with Gasteiger partial charge in [0.2, 0.25) is 0 Å². The fourth-order valence-corrected chi connectivity index (χ4v) is 4.19. The number of aliphatic hydroxyl groups is 1. The highest BCUT2D eigenvalue weighted by molar-refractivity contribution is 6.03. The van der Waals surface area contributed by atoms with Crippen LogP contribution < -0.4 is 10.1 Å². The molecule has 8 heteroatoms. The smallest absolute Gasteiger partial charge is 0.274 e. The average Bonchev–Trinajstić information content (AvgIpc) is 2.85. The van der Waals surface area contributed by atoms with E-state index in [2.05, 4.69) is 15.3 Å². The molecule has 0 spiro atoms. The molecule has 0 aliphatic heterocycles. The summed E-state index contributed by atoms with van der Waals surface area (Å²) in [6.07, 6.45) is 6.74. The van der Waals surface area contributed by atoms with Crippen LogP contribution in [0.3, 0.4) is 0 Å². The number of benzene rings is 1. The lowest BCUT2D eigenvalue weighted by atomic mass is 9.82. The van der Waals surface area contributed by atoms with Crippen LogP contribution in [0.1, 0.15) is 61.0 Å². The maximum absolute atomic E-state index is 14.6. The molecular formula is C26H27F2N3O3. The van der Waals surface area contributed by atoms with Crippen LogP contribution in [0.15, 0.2) is 48.8 Å². The summed E-state index contributed by atoms with van der Waals surface area (Å²) in [4.78, 5) is 21.3. The standard InChI is InChI=1S/C26H27F2N3O3/c1-2-13-34-18-7-8-21(27)20(14-18)25-22(28)9-10-23(30-25)26(33)31-24-15-29-12-11-19(24)16-3-5-17(32)6-4-16/h7-12,14-17,32H,2-6,13H2,1H3,(H,31,33)/t16-,17+. The topological polar surface area (TPSA) is 84.3 Å². The zero-order chi connectivity index (χ0) is 24.1. The number of rotatable bonds is 7. The largest absolute Gasteiger partial charge is 0.494 e. The van der Waals surface area contributed by atoms with Crippen LogP contribution in [-0.4, -0.2) is 33.7 Å². The van der Waals surface area contributed by atoms with Gasteiger partial charge in [0.25, 0.3) is 5.91 Å². The Balaban J connectivity index is 1.59. The van der Waals surface area contributed by atoms with Crippen molar-refractivity contribution < 1.29 is 23.4 Å².